The van der Waals surface area contributed by atoms with E-state index in [0.29, 0.717) is 6.42 Å². The van der Waals surface area contributed by atoms with Gasteiger partial charge in [-0.2, -0.15) is 0 Å². The minimum absolute atomic E-state index is 0.0798. The molecule has 4 heteroatoms. The first-order valence-electron chi connectivity index (χ1n) is 5.93. The predicted molar refractivity (Wildman–Crippen MR) is 74.6 cm³/mol. The average Bonchev–Trinajstić information content (AvgIpc) is 2.32. The van der Waals surface area contributed by atoms with Crippen molar-refractivity contribution < 1.29 is 4.79 Å². The van der Waals surface area contributed by atoms with E-state index in [1.807, 2.05) is 31.3 Å². The molecule has 0 spiro atoms. The normalized spacial score (nSPS) is 10.2. The Bertz CT molecular complexity index is 338. The molecule has 1 rings (SSSR count). The summed E-state index contributed by atoms with van der Waals surface area (Å²) in [5.74, 6) is 1.14. The van der Waals surface area contributed by atoms with Crippen LogP contribution < -0.4 is 10.6 Å². The van der Waals surface area contributed by atoms with Gasteiger partial charge < -0.3 is 10.6 Å². The van der Waals surface area contributed by atoms with Crippen LogP contribution in [-0.4, -0.2) is 25.3 Å². The number of hydrogen-bond acceptors (Lipinski definition) is 3. The fourth-order valence-corrected chi connectivity index (χ4v) is 2.11. The van der Waals surface area contributed by atoms with Crippen LogP contribution >= 0.6 is 11.8 Å². The van der Waals surface area contributed by atoms with Crippen molar-refractivity contribution in [3.8, 4) is 0 Å². The second-order valence-electron chi connectivity index (χ2n) is 3.71. The summed E-state index contributed by atoms with van der Waals surface area (Å²) in [5, 5.41) is 5.92. The fraction of sp³-hybridized carbons (Fsp3) is 0.462. The van der Waals surface area contributed by atoms with Gasteiger partial charge in [0.25, 0.3) is 0 Å². The third-order valence-electron chi connectivity index (χ3n) is 2.28. The number of carbonyl (C=O) groups excluding carboxylic acids is 1. The molecule has 0 saturated heterocycles. The van der Waals surface area contributed by atoms with Gasteiger partial charge in [0, 0.05) is 17.0 Å². The first-order chi connectivity index (χ1) is 8.26. The molecule has 0 aliphatic carbocycles. The van der Waals surface area contributed by atoms with E-state index in [-0.39, 0.29) is 5.91 Å². The molecular weight excluding hydrogens is 232 g/mol. The monoisotopic (exact) mass is 252 g/mol. The zero-order chi connectivity index (χ0) is 12.5. The molecule has 0 aliphatic rings. The van der Waals surface area contributed by atoms with Gasteiger partial charge in [0.2, 0.25) is 5.91 Å². The fourth-order valence-electron chi connectivity index (χ4n) is 1.45. The van der Waals surface area contributed by atoms with Gasteiger partial charge in [-0.1, -0.05) is 6.92 Å². The molecule has 0 atom stereocenters. The second kappa shape index (κ2) is 8.14. The van der Waals surface area contributed by atoms with Crippen LogP contribution in [0, 0.1) is 0 Å². The molecule has 1 amide bonds. The summed E-state index contributed by atoms with van der Waals surface area (Å²) >= 11 is 1.80. The van der Waals surface area contributed by atoms with Gasteiger partial charge in [-0.05, 0) is 50.0 Å². The smallest absolute Gasteiger partial charge is 0.224 e. The van der Waals surface area contributed by atoms with Crippen molar-refractivity contribution >= 4 is 23.4 Å². The minimum atomic E-state index is 0.0798. The molecule has 17 heavy (non-hydrogen) atoms. The number of nitrogens with one attached hydrogen (secondary N) is 2. The van der Waals surface area contributed by atoms with Gasteiger partial charge in [-0.3, -0.25) is 4.79 Å². The zero-order valence-corrected chi connectivity index (χ0v) is 11.3. The lowest BCUT2D eigenvalue weighted by Gasteiger charge is -2.06. The summed E-state index contributed by atoms with van der Waals surface area (Å²) in [4.78, 5) is 12.8. The van der Waals surface area contributed by atoms with Crippen LogP contribution in [0.15, 0.2) is 29.2 Å². The molecule has 2 N–H and O–H groups in total. The Hall–Kier alpha value is -1.00. The van der Waals surface area contributed by atoms with Crippen LogP contribution in [0.25, 0.3) is 0 Å². The largest absolute Gasteiger partial charge is 0.326 e. The molecular formula is C13H20N2OS. The molecule has 0 aromatic heterocycles. The zero-order valence-electron chi connectivity index (χ0n) is 10.5. The average molecular weight is 252 g/mol. The first-order valence-corrected chi connectivity index (χ1v) is 6.92. The highest BCUT2D eigenvalue weighted by molar-refractivity contribution is 7.99. The second-order valence-corrected chi connectivity index (χ2v) is 5.05. The molecule has 0 bridgehead atoms. The van der Waals surface area contributed by atoms with Crippen molar-refractivity contribution in [1.29, 1.82) is 0 Å². The van der Waals surface area contributed by atoms with Gasteiger partial charge >= 0.3 is 0 Å². The van der Waals surface area contributed by atoms with Crippen molar-refractivity contribution in [2.24, 2.45) is 0 Å². The van der Waals surface area contributed by atoms with Crippen LogP contribution in [-0.2, 0) is 4.79 Å². The van der Waals surface area contributed by atoms with Crippen molar-refractivity contribution in [3.63, 3.8) is 0 Å². The molecule has 0 saturated carbocycles. The Kier molecular flexibility index (Phi) is 6.74. The molecule has 0 unspecified atom stereocenters. The number of benzene rings is 1. The standard InChI is InChI=1S/C13H20N2OS/c1-3-17-12-8-6-11(7-9-12)15-13(16)5-4-10-14-2/h6-9,14H,3-5,10H2,1-2H3,(H,15,16). The summed E-state index contributed by atoms with van der Waals surface area (Å²) < 4.78 is 0. The quantitative estimate of drug-likeness (QED) is 0.579. The highest BCUT2D eigenvalue weighted by Crippen LogP contribution is 2.19. The van der Waals surface area contributed by atoms with Gasteiger partial charge in [-0.15, -0.1) is 11.8 Å². The number of amides is 1. The molecule has 3 nitrogen and oxygen atoms in total. The highest BCUT2D eigenvalue weighted by Gasteiger charge is 2.01. The molecule has 1 aromatic rings. The summed E-state index contributed by atoms with van der Waals surface area (Å²) in [6.45, 7) is 3.00. The van der Waals surface area contributed by atoms with E-state index in [2.05, 4.69) is 17.6 Å². The summed E-state index contributed by atoms with van der Waals surface area (Å²) in [5.41, 5.74) is 0.875. The Morgan fingerprint density at radius 3 is 2.59 bits per heavy atom. The Labute approximate surface area is 107 Å². The van der Waals surface area contributed by atoms with Crippen LogP contribution in [0.2, 0.25) is 0 Å². The summed E-state index contributed by atoms with van der Waals surface area (Å²) in [6.07, 6.45) is 1.43. The molecule has 0 fully saturated rings. The third kappa shape index (κ3) is 5.75. The van der Waals surface area contributed by atoms with Gasteiger partial charge in [0.15, 0.2) is 0 Å². The molecule has 0 heterocycles. The van der Waals surface area contributed by atoms with E-state index >= 15 is 0 Å². The SMILES string of the molecule is CCSc1ccc(NC(=O)CCCNC)cc1. The Morgan fingerprint density at radius 1 is 1.29 bits per heavy atom. The van der Waals surface area contributed by atoms with Crippen molar-refractivity contribution in [2.75, 3.05) is 24.7 Å². The number of rotatable bonds is 7. The van der Waals surface area contributed by atoms with E-state index in [4.69, 9.17) is 0 Å². The Morgan fingerprint density at radius 2 is 2.00 bits per heavy atom. The predicted octanol–water partition coefficient (Wildman–Crippen LogP) is 2.74. The van der Waals surface area contributed by atoms with E-state index in [1.165, 1.54) is 4.90 Å². The first kappa shape index (κ1) is 14.1. The lowest BCUT2D eigenvalue weighted by molar-refractivity contribution is -0.116. The summed E-state index contributed by atoms with van der Waals surface area (Å²) in [6, 6.07) is 7.98. The van der Waals surface area contributed by atoms with Crippen LogP contribution in [0.3, 0.4) is 0 Å². The van der Waals surface area contributed by atoms with E-state index in [1.54, 1.807) is 11.8 Å². The van der Waals surface area contributed by atoms with E-state index in [9.17, 15) is 4.79 Å². The van der Waals surface area contributed by atoms with E-state index in [0.717, 1.165) is 24.4 Å². The Balaban J connectivity index is 2.37. The van der Waals surface area contributed by atoms with Gasteiger partial charge in [0.1, 0.15) is 0 Å². The molecule has 1 aromatic carbocycles. The highest BCUT2D eigenvalue weighted by atomic mass is 32.2. The van der Waals surface area contributed by atoms with Gasteiger partial charge in [0.05, 0.1) is 0 Å². The number of anilines is 1. The lowest BCUT2D eigenvalue weighted by atomic mass is 10.2. The van der Waals surface area contributed by atoms with Crippen LogP contribution in [0.5, 0.6) is 0 Å². The third-order valence-corrected chi connectivity index (χ3v) is 3.17. The van der Waals surface area contributed by atoms with Crippen LogP contribution in [0.1, 0.15) is 19.8 Å². The maximum Gasteiger partial charge on any atom is 0.224 e. The maximum atomic E-state index is 11.6. The molecule has 0 radical (unpaired) electrons. The number of hydrogen-bond donors (Lipinski definition) is 2. The maximum absolute atomic E-state index is 11.6. The summed E-state index contributed by atoms with van der Waals surface area (Å²) in [7, 11) is 1.89. The van der Waals surface area contributed by atoms with Crippen molar-refractivity contribution in [3.05, 3.63) is 24.3 Å². The number of carbonyl (C=O) groups is 1. The van der Waals surface area contributed by atoms with Crippen molar-refractivity contribution in [1.82, 2.24) is 5.32 Å². The van der Waals surface area contributed by atoms with Gasteiger partial charge in [-0.25, -0.2) is 0 Å². The number of thioether (sulfide) groups is 1. The molecule has 0 aliphatic heterocycles. The lowest BCUT2D eigenvalue weighted by Crippen LogP contribution is -2.15. The van der Waals surface area contributed by atoms with E-state index < -0.39 is 0 Å². The minimum Gasteiger partial charge on any atom is -0.326 e. The topological polar surface area (TPSA) is 41.1 Å². The van der Waals surface area contributed by atoms with Crippen LogP contribution in [0.4, 0.5) is 5.69 Å². The van der Waals surface area contributed by atoms with Crippen molar-refractivity contribution in [2.45, 2.75) is 24.7 Å². The molecule has 94 valence electrons.